The number of halogens is 3. The zero-order chi connectivity index (χ0) is 22.1. The molecule has 8 nitrogen and oxygen atoms in total. The molecular formula is C18H18F3N3O5S. The maximum atomic E-state index is 13.8. The first-order valence-corrected chi connectivity index (χ1v) is 9.54. The van der Waals surface area contributed by atoms with Gasteiger partial charge in [-0.2, -0.15) is 23.3 Å². The van der Waals surface area contributed by atoms with Gasteiger partial charge in [0.1, 0.15) is 11.5 Å². The highest BCUT2D eigenvalue weighted by atomic mass is 32.1. The summed E-state index contributed by atoms with van der Waals surface area (Å²) in [4.78, 5) is 15.7. The Morgan fingerprint density at radius 2 is 2.07 bits per heavy atom. The van der Waals surface area contributed by atoms with Crippen molar-refractivity contribution in [2.45, 2.75) is 25.2 Å². The van der Waals surface area contributed by atoms with Crippen LogP contribution in [0, 0.1) is 0 Å². The molecule has 1 aliphatic rings. The Morgan fingerprint density at radius 1 is 1.33 bits per heavy atom. The van der Waals surface area contributed by atoms with Crippen LogP contribution < -0.4 is 14.5 Å². The van der Waals surface area contributed by atoms with Gasteiger partial charge in [0.15, 0.2) is 5.69 Å². The number of carbonyl (C=O) groups excluding carboxylic acids is 1. The molecule has 30 heavy (non-hydrogen) atoms. The average molecular weight is 445 g/mol. The predicted octanol–water partition coefficient (Wildman–Crippen LogP) is 3.20. The van der Waals surface area contributed by atoms with Crippen molar-refractivity contribution in [1.82, 2.24) is 4.98 Å². The van der Waals surface area contributed by atoms with Crippen LogP contribution >= 0.6 is 11.3 Å². The lowest BCUT2D eigenvalue weighted by molar-refractivity contribution is -0.254. The van der Waals surface area contributed by atoms with Crippen LogP contribution in [0.25, 0.3) is 0 Å². The quantitative estimate of drug-likeness (QED) is 0.683. The smallest absolute Gasteiger partial charge is 0.438 e. The number of anilines is 1. The number of carbonyl (C=O) groups is 1. The largest absolute Gasteiger partial charge is 0.497 e. The molecule has 3 rings (SSSR count). The van der Waals surface area contributed by atoms with E-state index in [2.05, 4.69) is 10.1 Å². The fourth-order valence-corrected chi connectivity index (χ4v) is 3.62. The van der Waals surface area contributed by atoms with Crippen molar-refractivity contribution in [1.29, 1.82) is 0 Å². The van der Waals surface area contributed by atoms with E-state index in [1.807, 2.05) is 0 Å². The van der Waals surface area contributed by atoms with E-state index >= 15 is 0 Å². The maximum absolute atomic E-state index is 13.8. The molecule has 0 spiro atoms. The standard InChI is InChI=1S/C18H18F3N3O5S/c1-4-29-15(25)13-9-30-16(22-13)24-17(26,18(19,20)21)8-12(23-24)11-6-5-10(27-2)7-14(11)28-3/h5-7,9,26H,4,8H2,1-3H3/t17-/m0/s1. The van der Waals surface area contributed by atoms with Crippen molar-refractivity contribution in [3.63, 3.8) is 0 Å². The van der Waals surface area contributed by atoms with Crippen LogP contribution in [0.5, 0.6) is 11.5 Å². The number of aliphatic hydroxyl groups is 1. The van der Waals surface area contributed by atoms with Crippen LogP contribution in [0.4, 0.5) is 18.3 Å². The Morgan fingerprint density at radius 3 is 2.67 bits per heavy atom. The van der Waals surface area contributed by atoms with Crippen LogP contribution in [0.1, 0.15) is 29.4 Å². The molecule has 1 aromatic heterocycles. The average Bonchev–Trinajstić information content (AvgIpc) is 3.32. The van der Waals surface area contributed by atoms with Gasteiger partial charge in [0.25, 0.3) is 5.72 Å². The molecule has 0 radical (unpaired) electrons. The number of aromatic nitrogens is 1. The SMILES string of the molecule is CCOC(=O)c1csc(N2N=C(c3ccc(OC)cc3OC)C[C@]2(O)C(F)(F)F)n1. The summed E-state index contributed by atoms with van der Waals surface area (Å²) in [6.07, 6.45) is -5.93. The van der Waals surface area contributed by atoms with Gasteiger partial charge in [-0.3, -0.25) is 0 Å². The summed E-state index contributed by atoms with van der Waals surface area (Å²) in [5.41, 5.74) is -3.34. The molecule has 0 amide bonds. The molecule has 1 atom stereocenters. The number of hydrazone groups is 1. The maximum Gasteiger partial charge on any atom is 0.438 e. The topological polar surface area (TPSA) is 93.5 Å². The van der Waals surface area contributed by atoms with Gasteiger partial charge >= 0.3 is 12.1 Å². The van der Waals surface area contributed by atoms with Crippen LogP contribution in [0.15, 0.2) is 28.7 Å². The van der Waals surface area contributed by atoms with E-state index in [9.17, 15) is 23.1 Å². The van der Waals surface area contributed by atoms with Crippen LogP contribution in [0.3, 0.4) is 0 Å². The van der Waals surface area contributed by atoms with E-state index in [0.29, 0.717) is 10.8 Å². The van der Waals surface area contributed by atoms with E-state index in [0.717, 1.165) is 11.3 Å². The third kappa shape index (κ3) is 3.79. The third-order valence-electron chi connectivity index (χ3n) is 4.32. The molecule has 1 N–H and O–H groups in total. The predicted molar refractivity (Wildman–Crippen MR) is 102 cm³/mol. The van der Waals surface area contributed by atoms with E-state index in [4.69, 9.17) is 14.2 Å². The Labute approximate surface area is 173 Å². The number of hydrogen-bond acceptors (Lipinski definition) is 9. The Balaban J connectivity index is 2.06. The van der Waals surface area contributed by atoms with Crippen LogP contribution in [0.2, 0.25) is 0 Å². The molecule has 1 aromatic carbocycles. The van der Waals surface area contributed by atoms with Gasteiger partial charge in [0, 0.05) is 17.0 Å². The van der Waals surface area contributed by atoms with E-state index in [-0.39, 0.29) is 34.5 Å². The lowest BCUT2D eigenvalue weighted by Crippen LogP contribution is -2.55. The number of ether oxygens (including phenoxy) is 3. The third-order valence-corrected chi connectivity index (χ3v) is 5.13. The van der Waals surface area contributed by atoms with Crippen molar-refractivity contribution in [2.24, 2.45) is 5.10 Å². The van der Waals surface area contributed by atoms with Crippen molar-refractivity contribution in [2.75, 3.05) is 25.8 Å². The minimum absolute atomic E-state index is 0.0674. The molecule has 0 aliphatic carbocycles. The highest BCUT2D eigenvalue weighted by Crippen LogP contribution is 2.45. The second-order valence-corrected chi connectivity index (χ2v) is 6.99. The number of alkyl halides is 3. The first-order chi connectivity index (χ1) is 14.1. The molecular weight excluding hydrogens is 427 g/mol. The van der Waals surface area contributed by atoms with Gasteiger partial charge in [-0.15, -0.1) is 11.3 Å². The molecule has 1 aliphatic heterocycles. The summed E-state index contributed by atoms with van der Waals surface area (Å²) in [6.45, 7) is 1.67. The number of nitrogens with zero attached hydrogens (tertiary/aromatic N) is 3. The highest BCUT2D eigenvalue weighted by Gasteiger charge is 2.62. The summed E-state index contributed by atoms with van der Waals surface area (Å²) >= 11 is 0.728. The molecule has 0 fully saturated rings. The Hall–Kier alpha value is -2.86. The minimum atomic E-state index is -5.06. The molecule has 162 valence electrons. The summed E-state index contributed by atoms with van der Waals surface area (Å²) < 4.78 is 56.6. The molecule has 0 saturated carbocycles. The van der Waals surface area contributed by atoms with Gasteiger partial charge in [-0.05, 0) is 19.1 Å². The van der Waals surface area contributed by atoms with Gasteiger partial charge in [0.2, 0.25) is 5.13 Å². The van der Waals surface area contributed by atoms with E-state index in [1.54, 1.807) is 6.92 Å². The van der Waals surface area contributed by atoms with E-state index in [1.165, 1.54) is 37.8 Å². The summed E-state index contributed by atoms with van der Waals surface area (Å²) in [5, 5.41) is 15.9. The Kier molecular flexibility index (Phi) is 5.90. The first-order valence-electron chi connectivity index (χ1n) is 8.66. The summed E-state index contributed by atoms with van der Waals surface area (Å²) in [7, 11) is 2.79. The highest BCUT2D eigenvalue weighted by molar-refractivity contribution is 7.14. The fraction of sp³-hybridized carbons (Fsp3) is 0.389. The molecule has 0 unspecified atom stereocenters. The van der Waals surface area contributed by atoms with Crippen molar-refractivity contribution >= 4 is 28.1 Å². The summed E-state index contributed by atoms with van der Waals surface area (Å²) in [6, 6.07) is 4.52. The Bertz CT molecular complexity index is 978. The van der Waals surface area contributed by atoms with Gasteiger partial charge in [-0.1, -0.05) is 0 Å². The van der Waals surface area contributed by atoms with Gasteiger partial charge in [0.05, 0.1) is 33.0 Å². The number of thiazole rings is 1. The van der Waals surface area contributed by atoms with Crippen LogP contribution in [-0.4, -0.2) is 54.5 Å². The van der Waals surface area contributed by atoms with E-state index < -0.39 is 24.3 Å². The molecule has 2 heterocycles. The molecule has 0 bridgehead atoms. The zero-order valence-corrected chi connectivity index (χ0v) is 17.0. The van der Waals surface area contributed by atoms with Crippen molar-refractivity contribution in [3.05, 3.63) is 34.8 Å². The molecule has 12 heteroatoms. The van der Waals surface area contributed by atoms with Crippen molar-refractivity contribution < 1.29 is 37.3 Å². The lowest BCUT2D eigenvalue weighted by Gasteiger charge is -2.32. The molecule has 2 aromatic rings. The minimum Gasteiger partial charge on any atom is -0.497 e. The second kappa shape index (κ2) is 8.11. The number of hydrogen-bond donors (Lipinski definition) is 1. The summed E-state index contributed by atoms with van der Waals surface area (Å²) in [5.74, 6) is -0.113. The number of esters is 1. The van der Waals surface area contributed by atoms with Crippen LogP contribution in [-0.2, 0) is 4.74 Å². The number of rotatable bonds is 6. The second-order valence-electron chi connectivity index (χ2n) is 6.15. The van der Waals surface area contributed by atoms with Gasteiger partial charge in [-0.25, -0.2) is 9.78 Å². The number of methoxy groups -OCH3 is 2. The first kappa shape index (κ1) is 21.8. The fourth-order valence-electron chi connectivity index (χ4n) is 2.81. The molecule has 0 saturated heterocycles. The lowest BCUT2D eigenvalue weighted by atomic mass is 10.00. The monoisotopic (exact) mass is 445 g/mol. The van der Waals surface area contributed by atoms with Gasteiger partial charge < -0.3 is 19.3 Å². The van der Waals surface area contributed by atoms with Crippen molar-refractivity contribution in [3.8, 4) is 11.5 Å². The zero-order valence-electron chi connectivity index (χ0n) is 16.2. The number of benzene rings is 1. The normalized spacial score (nSPS) is 18.9.